The van der Waals surface area contributed by atoms with Crippen molar-refractivity contribution in [2.24, 2.45) is 0 Å². The summed E-state index contributed by atoms with van der Waals surface area (Å²) < 4.78 is 36.5. The number of anilines is 1. The van der Waals surface area contributed by atoms with Gasteiger partial charge in [0, 0.05) is 19.2 Å². The summed E-state index contributed by atoms with van der Waals surface area (Å²) in [5.74, 6) is -1.27. The molecule has 178 valence electrons. The Kier molecular flexibility index (Phi) is 9.27. The first kappa shape index (κ1) is 26.2. The van der Waals surface area contributed by atoms with E-state index in [0.717, 1.165) is 6.08 Å². The first-order valence-corrected chi connectivity index (χ1v) is 11.8. The largest absolute Gasteiger partial charge is 0.504 e. The average molecular weight is 497 g/mol. The van der Waals surface area contributed by atoms with E-state index in [1.54, 1.807) is 19.9 Å². The smallest absolute Gasteiger partial charge is 0.331 e. The van der Waals surface area contributed by atoms with Gasteiger partial charge in [-0.25, -0.2) is 13.2 Å². The lowest BCUT2D eigenvalue weighted by Crippen LogP contribution is -2.30. The van der Waals surface area contributed by atoms with Gasteiger partial charge in [0.25, 0.3) is 5.91 Å². The standard InChI is InChI=1S/C22H25ClN2O7S/c1-4-25(5-2)33(29,30)16-8-9-17(23)18(13-16)24-21(27)14-32-22(28)11-7-15-6-10-19(26)20(12-15)31-3/h6-13,26H,4-5,14H2,1-3H3,(H,24,27). The number of phenols is 1. The van der Waals surface area contributed by atoms with Crippen LogP contribution < -0.4 is 10.1 Å². The summed E-state index contributed by atoms with van der Waals surface area (Å²) in [6.45, 7) is 3.43. The zero-order chi connectivity index (χ0) is 24.6. The fourth-order valence-corrected chi connectivity index (χ4v) is 4.46. The number of nitrogens with one attached hydrogen (secondary N) is 1. The number of rotatable bonds is 10. The second-order valence-corrected chi connectivity index (χ2v) is 9.00. The first-order valence-electron chi connectivity index (χ1n) is 9.93. The lowest BCUT2D eigenvalue weighted by molar-refractivity contribution is -0.142. The van der Waals surface area contributed by atoms with Crippen molar-refractivity contribution < 1.29 is 32.6 Å². The van der Waals surface area contributed by atoms with E-state index in [9.17, 15) is 23.1 Å². The Bertz CT molecular complexity index is 1150. The van der Waals surface area contributed by atoms with E-state index in [1.165, 1.54) is 47.8 Å². The normalized spacial score (nSPS) is 11.5. The number of hydrogen-bond donors (Lipinski definition) is 2. The molecule has 0 atom stereocenters. The van der Waals surface area contributed by atoms with Gasteiger partial charge < -0.3 is 19.9 Å². The minimum Gasteiger partial charge on any atom is -0.504 e. The van der Waals surface area contributed by atoms with Crippen LogP contribution in [0.2, 0.25) is 5.02 Å². The monoisotopic (exact) mass is 496 g/mol. The molecule has 0 aliphatic heterocycles. The zero-order valence-corrected chi connectivity index (χ0v) is 19.9. The SMILES string of the molecule is CCN(CC)S(=O)(=O)c1ccc(Cl)c(NC(=O)COC(=O)C=Cc2ccc(O)c(OC)c2)c1. The molecule has 0 saturated heterocycles. The molecule has 0 heterocycles. The minimum absolute atomic E-state index is 0.0184. The molecule has 0 radical (unpaired) electrons. The third kappa shape index (κ3) is 6.95. The van der Waals surface area contributed by atoms with Gasteiger partial charge in [-0.15, -0.1) is 0 Å². The Hall–Kier alpha value is -3.08. The maximum atomic E-state index is 12.7. The molecule has 11 heteroatoms. The van der Waals surface area contributed by atoms with Gasteiger partial charge in [0.1, 0.15) is 0 Å². The Balaban J connectivity index is 2.01. The van der Waals surface area contributed by atoms with Gasteiger partial charge in [-0.2, -0.15) is 4.31 Å². The third-order valence-corrected chi connectivity index (χ3v) is 6.89. The van der Waals surface area contributed by atoms with E-state index >= 15 is 0 Å². The highest BCUT2D eigenvalue weighted by Crippen LogP contribution is 2.28. The fourth-order valence-electron chi connectivity index (χ4n) is 2.81. The molecule has 0 aliphatic carbocycles. The average Bonchev–Trinajstić information content (AvgIpc) is 2.79. The number of carbonyl (C=O) groups excluding carboxylic acids is 2. The molecule has 33 heavy (non-hydrogen) atoms. The molecular formula is C22H25ClN2O7S. The first-order chi connectivity index (χ1) is 15.6. The van der Waals surface area contributed by atoms with Crippen LogP contribution in [0.1, 0.15) is 19.4 Å². The van der Waals surface area contributed by atoms with Crippen molar-refractivity contribution in [1.29, 1.82) is 0 Å². The van der Waals surface area contributed by atoms with E-state index < -0.39 is 28.5 Å². The quantitative estimate of drug-likeness (QED) is 0.382. The molecule has 0 fully saturated rings. The molecule has 2 N–H and O–H groups in total. The van der Waals surface area contributed by atoms with E-state index in [0.29, 0.717) is 18.7 Å². The van der Waals surface area contributed by atoms with Gasteiger partial charge in [-0.3, -0.25) is 4.79 Å². The highest BCUT2D eigenvalue weighted by atomic mass is 35.5. The molecule has 0 aromatic heterocycles. The Labute approximate surface area is 197 Å². The molecular weight excluding hydrogens is 472 g/mol. The van der Waals surface area contributed by atoms with Gasteiger partial charge in [0.05, 0.1) is 22.7 Å². The fraction of sp³-hybridized carbons (Fsp3) is 0.273. The summed E-state index contributed by atoms with van der Waals surface area (Å²) in [6.07, 6.45) is 2.55. The number of methoxy groups -OCH3 is 1. The number of sulfonamides is 1. The molecule has 1 amide bonds. The predicted molar refractivity (Wildman–Crippen MR) is 125 cm³/mol. The van der Waals surface area contributed by atoms with Crippen molar-refractivity contribution in [3.05, 3.63) is 53.1 Å². The Morgan fingerprint density at radius 3 is 2.48 bits per heavy atom. The molecule has 0 saturated carbocycles. The van der Waals surface area contributed by atoms with Crippen LogP contribution in [0.5, 0.6) is 11.5 Å². The number of amides is 1. The minimum atomic E-state index is -3.74. The summed E-state index contributed by atoms with van der Waals surface area (Å²) in [7, 11) is -2.34. The summed E-state index contributed by atoms with van der Waals surface area (Å²) in [5, 5.41) is 12.2. The maximum Gasteiger partial charge on any atom is 0.331 e. The van der Waals surface area contributed by atoms with Crippen LogP contribution in [0.3, 0.4) is 0 Å². The van der Waals surface area contributed by atoms with Crippen LogP contribution in [-0.4, -0.2) is 56.5 Å². The zero-order valence-electron chi connectivity index (χ0n) is 18.4. The number of benzene rings is 2. The number of phenolic OH excluding ortho intramolecular Hbond substituents is 1. The maximum absolute atomic E-state index is 12.7. The molecule has 0 unspecified atom stereocenters. The van der Waals surface area contributed by atoms with Crippen molar-refractivity contribution >= 4 is 45.3 Å². The van der Waals surface area contributed by atoms with Crippen molar-refractivity contribution in [2.45, 2.75) is 18.7 Å². The predicted octanol–water partition coefficient (Wildman–Crippen LogP) is 3.28. The van der Waals surface area contributed by atoms with Crippen LogP contribution in [0.25, 0.3) is 6.08 Å². The second kappa shape index (κ2) is 11.7. The topological polar surface area (TPSA) is 122 Å². The highest BCUT2D eigenvalue weighted by molar-refractivity contribution is 7.89. The number of carbonyl (C=O) groups is 2. The van der Waals surface area contributed by atoms with Gasteiger partial charge in [-0.1, -0.05) is 31.5 Å². The third-order valence-electron chi connectivity index (χ3n) is 4.52. The van der Waals surface area contributed by atoms with Crippen molar-refractivity contribution in [2.75, 3.05) is 32.1 Å². The lowest BCUT2D eigenvalue weighted by atomic mass is 10.2. The van der Waals surface area contributed by atoms with Crippen molar-refractivity contribution in [3.63, 3.8) is 0 Å². The number of aromatic hydroxyl groups is 1. The van der Waals surface area contributed by atoms with Crippen LogP contribution in [0.4, 0.5) is 5.69 Å². The number of esters is 1. The summed E-state index contributed by atoms with van der Waals surface area (Å²) >= 11 is 6.08. The van der Waals surface area contributed by atoms with Crippen molar-refractivity contribution in [3.8, 4) is 11.5 Å². The van der Waals surface area contributed by atoms with Crippen LogP contribution in [-0.2, 0) is 24.3 Å². The van der Waals surface area contributed by atoms with E-state index in [2.05, 4.69) is 5.32 Å². The number of nitrogens with zero attached hydrogens (tertiary/aromatic N) is 1. The molecule has 2 aromatic rings. The van der Waals surface area contributed by atoms with E-state index in [4.69, 9.17) is 21.1 Å². The van der Waals surface area contributed by atoms with E-state index in [1.807, 2.05) is 0 Å². The van der Waals surface area contributed by atoms with E-state index in [-0.39, 0.29) is 27.1 Å². The van der Waals surface area contributed by atoms with Gasteiger partial charge in [0.2, 0.25) is 10.0 Å². The van der Waals surface area contributed by atoms with Gasteiger partial charge in [0.15, 0.2) is 18.1 Å². The molecule has 2 aromatic carbocycles. The second-order valence-electron chi connectivity index (χ2n) is 6.65. The lowest BCUT2D eigenvalue weighted by Gasteiger charge is -2.19. The van der Waals surface area contributed by atoms with Gasteiger partial charge >= 0.3 is 5.97 Å². The van der Waals surface area contributed by atoms with Gasteiger partial charge in [-0.05, 0) is 42.0 Å². The van der Waals surface area contributed by atoms with Crippen LogP contribution in [0.15, 0.2) is 47.4 Å². The Morgan fingerprint density at radius 1 is 1.15 bits per heavy atom. The summed E-state index contributed by atoms with van der Waals surface area (Å²) in [5.41, 5.74) is 0.654. The molecule has 0 spiro atoms. The molecule has 0 bridgehead atoms. The molecule has 0 aliphatic rings. The number of halogens is 1. The summed E-state index contributed by atoms with van der Waals surface area (Å²) in [4.78, 5) is 24.1. The Morgan fingerprint density at radius 2 is 1.85 bits per heavy atom. The molecule has 9 nitrogen and oxygen atoms in total. The summed E-state index contributed by atoms with van der Waals surface area (Å²) in [6, 6.07) is 8.48. The number of hydrogen-bond acceptors (Lipinski definition) is 7. The highest BCUT2D eigenvalue weighted by Gasteiger charge is 2.23. The number of ether oxygens (including phenoxy) is 2. The molecule has 2 rings (SSSR count). The van der Waals surface area contributed by atoms with Crippen molar-refractivity contribution in [1.82, 2.24) is 4.31 Å². The van der Waals surface area contributed by atoms with Crippen LogP contribution >= 0.6 is 11.6 Å². The van der Waals surface area contributed by atoms with Crippen LogP contribution in [0, 0.1) is 0 Å².